The van der Waals surface area contributed by atoms with Gasteiger partial charge in [0.1, 0.15) is 0 Å². The summed E-state index contributed by atoms with van der Waals surface area (Å²) in [4.78, 5) is 0. The van der Waals surface area contributed by atoms with E-state index in [1.54, 1.807) is 20.3 Å². The molecule has 0 saturated carbocycles. The quantitative estimate of drug-likeness (QED) is 0.812. The Bertz CT molecular complexity index is 383. The van der Waals surface area contributed by atoms with Gasteiger partial charge in [-0.25, -0.2) is 0 Å². The van der Waals surface area contributed by atoms with Gasteiger partial charge >= 0.3 is 0 Å². The SMILES string of the molecule is COC(OC)C(C)NC(C)c1ccc(Cl)c(Cl)c1. The molecule has 1 rings (SSSR count). The van der Waals surface area contributed by atoms with Crippen molar-refractivity contribution >= 4 is 23.2 Å². The van der Waals surface area contributed by atoms with Crippen LogP contribution in [0, 0.1) is 0 Å². The lowest BCUT2D eigenvalue weighted by Gasteiger charge is -2.26. The maximum atomic E-state index is 6.00. The van der Waals surface area contributed by atoms with Crippen molar-refractivity contribution in [2.45, 2.75) is 32.2 Å². The predicted molar refractivity (Wildman–Crippen MR) is 75.3 cm³/mol. The summed E-state index contributed by atoms with van der Waals surface area (Å²) in [5, 5.41) is 4.52. The van der Waals surface area contributed by atoms with Gasteiger partial charge in [-0.1, -0.05) is 29.3 Å². The van der Waals surface area contributed by atoms with E-state index in [0.29, 0.717) is 10.0 Å². The summed E-state index contributed by atoms with van der Waals surface area (Å²) in [7, 11) is 3.24. The third kappa shape index (κ3) is 4.11. The fraction of sp³-hybridized carbons (Fsp3) is 0.538. The molecule has 0 radical (unpaired) electrons. The van der Waals surface area contributed by atoms with Crippen LogP contribution in [0.1, 0.15) is 25.5 Å². The predicted octanol–water partition coefficient (Wildman–Crippen LogP) is 3.65. The van der Waals surface area contributed by atoms with E-state index in [1.165, 1.54) is 0 Å². The minimum Gasteiger partial charge on any atom is -0.354 e. The first-order valence-electron chi connectivity index (χ1n) is 5.76. The Hall–Kier alpha value is -0.320. The first-order chi connectivity index (χ1) is 8.49. The van der Waals surface area contributed by atoms with Crippen molar-refractivity contribution in [2.75, 3.05) is 14.2 Å². The first kappa shape index (κ1) is 15.7. The molecule has 0 heterocycles. The van der Waals surface area contributed by atoms with Crippen LogP contribution in [0.2, 0.25) is 10.0 Å². The highest BCUT2D eigenvalue weighted by Crippen LogP contribution is 2.25. The van der Waals surface area contributed by atoms with Gasteiger partial charge < -0.3 is 14.8 Å². The maximum Gasteiger partial charge on any atom is 0.171 e. The van der Waals surface area contributed by atoms with Crippen molar-refractivity contribution < 1.29 is 9.47 Å². The Morgan fingerprint density at radius 3 is 2.17 bits per heavy atom. The van der Waals surface area contributed by atoms with Gasteiger partial charge in [-0.05, 0) is 31.5 Å². The molecule has 0 aliphatic rings. The third-order valence-corrected chi connectivity index (χ3v) is 3.57. The zero-order chi connectivity index (χ0) is 13.7. The zero-order valence-corrected chi connectivity index (χ0v) is 12.5. The van der Waals surface area contributed by atoms with Crippen LogP contribution < -0.4 is 5.32 Å². The molecule has 0 fully saturated rings. The van der Waals surface area contributed by atoms with Gasteiger partial charge in [0.05, 0.1) is 16.1 Å². The molecule has 0 aliphatic heterocycles. The Balaban J connectivity index is 2.69. The normalized spacial score (nSPS) is 14.8. The van der Waals surface area contributed by atoms with Crippen LogP contribution in [0.25, 0.3) is 0 Å². The molecule has 0 aromatic heterocycles. The van der Waals surface area contributed by atoms with Crippen molar-refractivity contribution in [3.63, 3.8) is 0 Å². The topological polar surface area (TPSA) is 30.5 Å². The smallest absolute Gasteiger partial charge is 0.171 e. The summed E-state index contributed by atoms with van der Waals surface area (Å²) in [5.41, 5.74) is 1.07. The molecule has 2 unspecified atom stereocenters. The number of rotatable bonds is 6. The van der Waals surface area contributed by atoms with Gasteiger partial charge in [-0.15, -0.1) is 0 Å². The van der Waals surface area contributed by atoms with Crippen LogP contribution in [0.4, 0.5) is 0 Å². The van der Waals surface area contributed by atoms with Crippen LogP contribution in [-0.4, -0.2) is 26.6 Å². The van der Waals surface area contributed by atoms with E-state index >= 15 is 0 Å². The van der Waals surface area contributed by atoms with E-state index in [4.69, 9.17) is 32.7 Å². The largest absolute Gasteiger partial charge is 0.354 e. The summed E-state index contributed by atoms with van der Waals surface area (Å²) < 4.78 is 10.4. The number of ether oxygens (including phenoxy) is 2. The number of halogens is 2. The van der Waals surface area contributed by atoms with Gasteiger partial charge in [-0.2, -0.15) is 0 Å². The monoisotopic (exact) mass is 291 g/mol. The van der Waals surface area contributed by atoms with Gasteiger partial charge in [-0.3, -0.25) is 0 Å². The van der Waals surface area contributed by atoms with Crippen molar-refractivity contribution in [3.05, 3.63) is 33.8 Å². The van der Waals surface area contributed by atoms with Crippen molar-refractivity contribution in [1.82, 2.24) is 5.32 Å². The Morgan fingerprint density at radius 2 is 1.67 bits per heavy atom. The van der Waals surface area contributed by atoms with Crippen molar-refractivity contribution in [3.8, 4) is 0 Å². The molecule has 0 saturated heterocycles. The van der Waals surface area contributed by atoms with Crippen LogP contribution in [0.5, 0.6) is 0 Å². The Morgan fingerprint density at radius 1 is 1.06 bits per heavy atom. The maximum absolute atomic E-state index is 6.00. The number of hydrogen-bond acceptors (Lipinski definition) is 3. The van der Waals surface area contributed by atoms with Gasteiger partial charge in [0, 0.05) is 20.3 Å². The van der Waals surface area contributed by atoms with E-state index < -0.39 is 0 Å². The lowest BCUT2D eigenvalue weighted by atomic mass is 10.1. The van der Waals surface area contributed by atoms with Gasteiger partial charge in [0.25, 0.3) is 0 Å². The minimum atomic E-state index is -0.282. The third-order valence-electron chi connectivity index (χ3n) is 2.83. The molecule has 1 aromatic rings. The fourth-order valence-electron chi connectivity index (χ4n) is 1.86. The summed E-state index contributed by atoms with van der Waals surface area (Å²) in [6.07, 6.45) is -0.282. The lowest BCUT2D eigenvalue weighted by Crippen LogP contribution is -2.40. The molecular weight excluding hydrogens is 273 g/mol. The van der Waals surface area contributed by atoms with Crippen molar-refractivity contribution in [2.24, 2.45) is 0 Å². The van der Waals surface area contributed by atoms with Crippen LogP contribution in [0.3, 0.4) is 0 Å². The van der Waals surface area contributed by atoms with Gasteiger partial charge in [0.15, 0.2) is 6.29 Å². The standard InChI is InChI=1S/C13H19Cl2NO2/c1-8(16-9(2)13(17-3)18-4)10-5-6-11(14)12(15)7-10/h5-9,13,16H,1-4H3. The fourth-order valence-corrected chi connectivity index (χ4v) is 2.16. The van der Waals surface area contributed by atoms with E-state index in [-0.39, 0.29) is 18.4 Å². The van der Waals surface area contributed by atoms with E-state index in [1.807, 2.05) is 19.1 Å². The molecule has 0 amide bonds. The lowest BCUT2D eigenvalue weighted by molar-refractivity contribution is -0.120. The second-order valence-corrected chi connectivity index (χ2v) is 5.00. The average molecular weight is 292 g/mol. The molecule has 18 heavy (non-hydrogen) atoms. The van der Waals surface area contributed by atoms with Gasteiger partial charge in [0.2, 0.25) is 0 Å². The zero-order valence-electron chi connectivity index (χ0n) is 11.0. The molecule has 1 N–H and O–H groups in total. The Labute approximate surface area is 118 Å². The number of hydrogen-bond donors (Lipinski definition) is 1. The Kier molecular flexibility index (Phi) is 6.39. The van der Waals surface area contributed by atoms with Crippen LogP contribution >= 0.6 is 23.2 Å². The summed E-state index contributed by atoms with van der Waals surface area (Å²) in [6.45, 7) is 4.06. The molecule has 5 heteroatoms. The van der Waals surface area contributed by atoms with E-state index in [9.17, 15) is 0 Å². The highest BCUT2D eigenvalue weighted by atomic mass is 35.5. The molecule has 102 valence electrons. The summed E-state index contributed by atoms with van der Waals surface area (Å²) >= 11 is 11.9. The summed E-state index contributed by atoms with van der Waals surface area (Å²) in [6, 6.07) is 5.80. The van der Waals surface area contributed by atoms with Crippen LogP contribution in [0.15, 0.2) is 18.2 Å². The average Bonchev–Trinajstić information content (AvgIpc) is 2.34. The molecular formula is C13H19Cl2NO2. The number of benzene rings is 1. The second kappa shape index (κ2) is 7.31. The van der Waals surface area contributed by atoms with E-state index in [2.05, 4.69) is 12.2 Å². The summed E-state index contributed by atoms with van der Waals surface area (Å²) in [5.74, 6) is 0. The van der Waals surface area contributed by atoms with Crippen LogP contribution in [-0.2, 0) is 9.47 Å². The second-order valence-electron chi connectivity index (χ2n) is 4.19. The minimum absolute atomic E-state index is 0.0597. The van der Waals surface area contributed by atoms with E-state index in [0.717, 1.165) is 5.56 Å². The highest BCUT2D eigenvalue weighted by molar-refractivity contribution is 6.42. The number of nitrogens with one attached hydrogen (secondary N) is 1. The molecule has 3 nitrogen and oxygen atoms in total. The highest BCUT2D eigenvalue weighted by Gasteiger charge is 2.18. The molecule has 2 atom stereocenters. The number of methoxy groups -OCH3 is 2. The first-order valence-corrected chi connectivity index (χ1v) is 6.51. The van der Waals surface area contributed by atoms with Crippen molar-refractivity contribution in [1.29, 1.82) is 0 Å². The molecule has 0 bridgehead atoms. The molecule has 1 aromatic carbocycles. The molecule has 0 spiro atoms. The molecule has 0 aliphatic carbocycles.